The molecule has 0 saturated heterocycles. The highest BCUT2D eigenvalue weighted by atomic mass is 79.9. The van der Waals surface area contributed by atoms with Crippen LogP contribution in [-0.4, -0.2) is 9.97 Å². The lowest BCUT2D eigenvalue weighted by molar-refractivity contribution is 0.871. The summed E-state index contributed by atoms with van der Waals surface area (Å²) in [5, 5.41) is 3.31. The first-order valence-corrected chi connectivity index (χ1v) is 6.47. The highest BCUT2D eigenvalue weighted by molar-refractivity contribution is 9.10. The standard InChI is InChI=1S/C13H15BrN4/c1-8-7-12(18-13(15)16-8)17-9(2)10-3-5-11(14)6-4-10/h3-7,9H,1-2H3,(H3,15,16,17,18). The normalized spacial score (nSPS) is 12.2. The van der Waals surface area contributed by atoms with Crippen molar-refractivity contribution < 1.29 is 0 Å². The quantitative estimate of drug-likeness (QED) is 0.913. The van der Waals surface area contributed by atoms with Crippen molar-refractivity contribution in [3.05, 3.63) is 46.1 Å². The maximum absolute atomic E-state index is 5.63. The molecule has 3 N–H and O–H groups in total. The fraction of sp³-hybridized carbons (Fsp3) is 0.231. The monoisotopic (exact) mass is 306 g/mol. The number of aromatic nitrogens is 2. The average Bonchev–Trinajstić information content (AvgIpc) is 2.28. The largest absolute Gasteiger partial charge is 0.368 e. The van der Waals surface area contributed by atoms with Crippen molar-refractivity contribution in [3.8, 4) is 0 Å². The van der Waals surface area contributed by atoms with Gasteiger partial charge in [-0.15, -0.1) is 0 Å². The van der Waals surface area contributed by atoms with E-state index in [9.17, 15) is 0 Å². The van der Waals surface area contributed by atoms with Gasteiger partial charge in [0.05, 0.1) is 0 Å². The van der Waals surface area contributed by atoms with Crippen LogP contribution in [0.5, 0.6) is 0 Å². The zero-order chi connectivity index (χ0) is 13.1. The SMILES string of the molecule is Cc1cc(NC(C)c2ccc(Br)cc2)nc(N)n1. The third-order valence-electron chi connectivity index (χ3n) is 2.61. The van der Waals surface area contributed by atoms with Crippen LogP contribution in [0.2, 0.25) is 0 Å². The molecule has 0 bridgehead atoms. The second-order valence-electron chi connectivity index (χ2n) is 4.17. The Morgan fingerprint density at radius 3 is 2.50 bits per heavy atom. The van der Waals surface area contributed by atoms with E-state index in [-0.39, 0.29) is 6.04 Å². The first-order valence-electron chi connectivity index (χ1n) is 5.68. The first kappa shape index (κ1) is 12.8. The van der Waals surface area contributed by atoms with E-state index in [1.54, 1.807) is 0 Å². The van der Waals surface area contributed by atoms with E-state index in [1.165, 1.54) is 5.56 Å². The Bertz CT molecular complexity index is 519. The van der Waals surface area contributed by atoms with Gasteiger partial charge >= 0.3 is 0 Å². The molecule has 0 spiro atoms. The molecule has 1 aromatic carbocycles. The van der Waals surface area contributed by atoms with E-state index in [0.717, 1.165) is 16.0 Å². The Labute approximate surface area is 115 Å². The molecule has 2 rings (SSSR count). The summed E-state index contributed by atoms with van der Waals surface area (Å²) < 4.78 is 1.07. The van der Waals surface area contributed by atoms with E-state index in [0.29, 0.717) is 5.95 Å². The molecule has 1 atom stereocenters. The van der Waals surface area contributed by atoms with Gasteiger partial charge in [0.15, 0.2) is 0 Å². The number of nitrogens with one attached hydrogen (secondary N) is 1. The van der Waals surface area contributed by atoms with E-state index >= 15 is 0 Å². The molecule has 0 aliphatic rings. The van der Waals surface area contributed by atoms with Crippen molar-refractivity contribution in [2.24, 2.45) is 0 Å². The Balaban J connectivity index is 2.15. The fourth-order valence-electron chi connectivity index (χ4n) is 1.72. The van der Waals surface area contributed by atoms with Crippen LogP contribution in [0, 0.1) is 6.92 Å². The Morgan fingerprint density at radius 2 is 1.89 bits per heavy atom. The summed E-state index contributed by atoms with van der Waals surface area (Å²) >= 11 is 3.42. The van der Waals surface area contributed by atoms with Crippen LogP contribution in [0.15, 0.2) is 34.8 Å². The summed E-state index contributed by atoms with van der Waals surface area (Å²) in [6.07, 6.45) is 0. The molecule has 1 unspecified atom stereocenters. The predicted octanol–water partition coefficient (Wildman–Crippen LogP) is 3.30. The Kier molecular flexibility index (Phi) is 3.81. The van der Waals surface area contributed by atoms with Gasteiger partial charge in [-0.25, -0.2) is 4.98 Å². The van der Waals surface area contributed by atoms with Gasteiger partial charge < -0.3 is 11.1 Å². The molecule has 94 valence electrons. The molecule has 1 heterocycles. The molecule has 0 radical (unpaired) electrons. The molecule has 0 saturated carbocycles. The minimum absolute atomic E-state index is 0.159. The predicted molar refractivity (Wildman–Crippen MR) is 77.4 cm³/mol. The van der Waals surface area contributed by atoms with Gasteiger partial charge in [0.1, 0.15) is 5.82 Å². The number of nitrogens with zero attached hydrogens (tertiary/aromatic N) is 2. The molecular weight excluding hydrogens is 292 g/mol. The topological polar surface area (TPSA) is 63.8 Å². The minimum Gasteiger partial charge on any atom is -0.368 e. The van der Waals surface area contributed by atoms with Crippen LogP contribution < -0.4 is 11.1 Å². The van der Waals surface area contributed by atoms with Gasteiger partial charge in [-0.2, -0.15) is 4.98 Å². The van der Waals surface area contributed by atoms with Gasteiger partial charge in [0.2, 0.25) is 5.95 Å². The van der Waals surface area contributed by atoms with Gasteiger partial charge in [-0.05, 0) is 31.5 Å². The van der Waals surface area contributed by atoms with Crippen LogP contribution >= 0.6 is 15.9 Å². The number of halogens is 1. The van der Waals surface area contributed by atoms with Crippen molar-refractivity contribution in [1.82, 2.24) is 9.97 Å². The second kappa shape index (κ2) is 5.35. The average molecular weight is 307 g/mol. The molecular formula is C13H15BrN4. The molecule has 2 aromatic rings. The van der Waals surface area contributed by atoms with Gasteiger partial charge in [0.25, 0.3) is 0 Å². The minimum atomic E-state index is 0.159. The lowest BCUT2D eigenvalue weighted by Crippen LogP contribution is -2.09. The van der Waals surface area contributed by atoms with E-state index in [1.807, 2.05) is 25.1 Å². The fourth-order valence-corrected chi connectivity index (χ4v) is 1.99. The lowest BCUT2D eigenvalue weighted by atomic mass is 10.1. The van der Waals surface area contributed by atoms with Crippen LogP contribution in [0.4, 0.5) is 11.8 Å². The second-order valence-corrected chi connectivity index (χ2v) is 5.09. The maximum Gasteiger partial charge on any atom is 0.222 e. The number of nitrogen functional groups attached to an aromatic ring is 1. The summed E-state index contributed by atoms with van der Waals surface area (Å²) in [5.74, 6) is 1.04. The molecule has 0 fully saturated rings. The summed E-state index contributed by atoms with van der Waals surface area (Å²) in [5.41, 5.74) is 7.67. The Morgan fingerprint density at radius 1 is 1.22 bits per heavy atom. The van der Waals surface area contributed by atoms with Crippen molar-refractivity contribution in [2.45, 2.75) is 19.9 Å². The zero-order valence-corrected chi connectivity index (χ0v) is 11.9. The van der Waals surface area contributed by atoms with Gasteiger partial charge in [0, 0.05) is 22.3 Å². The highest BCUT2D eigenvalue weighted by Crippen LogP contribution is 2.20. The lowest BCUT2D eigenvalue weighted by Gasteiger charge is -2.15. The highest BCUT2D eigenvalue weighted by Gasteiger charge is 2.07. The van der Waals surface area contributed by atoms with Crippen LogP contribution in [-0.2, 0) is 0 Å². The number of benzene rings is 1. The van der Waals surface area contributed by atoms with Crippen molar-refractivity contribution in [2.75, 3.05) is 11.1 Å². The Hall–Kier alpha value is -1.62. The third kappa shape index (κ3) is 3.20. The van der Waals surface area contributed by atoms with Gasteiger partial charge in [-0.3, -0.25) is 0 Å². The van der Waals surface area contributed by atoms with Crippen molar-refractivity contribution in [3.63, 3.8) is 0 Å². The van der Waals surface area contributed by atoms with Crippen LogP contribution in [0.1, 0.15) is 24.2 Å². The number of aryl methyl sites for hydroxylation is 1. The van der Waals surface area contributed by atoms with E-state index in [4.69, 9.17) is 5.73 Å². The molecule has 5 heteroatoms. The summed E-state index contributed by atoms with van der Waals surface area (Å²) in [4.78, 5) is 8.21. The van der Waals surface area contributed by atoms with Crippen LogP contribution in [0.25, 0.3) is 0 Å². The van der Waals surface area contributed by atoms with Crippen molar-refractivity contribution in [1.29, 1.82) is 0 Å². The first-order chi connectivity index (χ1) is 8.54. The van der Waals surface area contributed by atoms with Crippen molar-refractivity contribution >= 4 is 27.7 Å². The van der Waals surface area contributed by atoms with E-state index < -0.39 is 0 Å². The number of hydrogen-bond donors (Lipinski definition) is 2. The maximum atomic E-state index is 5.63. The molecule has 0 amide bonds. The molecule has 4 nitrogen and oxygen atoms in total. The third-order valence-corrected chi connectivity index (χ3v) is 3.13. The summed E-state index contributed by atoms with van der Waals surface area (Å²) in [7, 11) is 0. The number of nitrogens with two attached hydrogens (primary N) is 1. The molecule has 1 aromatic heterocycles. The number of hydrogen-bond acceptors (Lipinski definition) is 4. The smallest absolute Gasteiger partial charge is 0.222 e. The molecule has 0 aliphatic heterocycles. The number of rotatable bonds is 3. The molecule has 18 heavy (non-hydrogen) atoms. The molecule has 0 aliphatic carbocycles. The van der Waals surface area contributed by atoms with Gasteiger partial charge in [-0.1, -0.05) is 28.1 Å². The summed E-state index contributed by atoms with van der Waals surface area (Å²) in [6.45, 7) is 3.98. The zero-order valence-electron chi connectivity index (χ0n) is 10.3. The summed E-state index contributed by atoms with van der Waals surface area (Å²) in [6, 6.07) is 10.2. The van der Waals surface area contributed by atoms with Crippen LogP contribution in [0.3, 0.4) is 0 Å². The number of anilines is 2. The van der Waals surface area contributed by atoms with E-state index in [2.05, 4.69) is 50.3 Å².